The highest BCUT2D eigenvalue weighted by molar-refractivity contribution is 6.21. The third-order valence-electron chi connectivity index (χ3n) is 9.78. The minimum absolute atomic E-state index is 0.900. The maximum absolute atomic E-state index is 6.32. The van der Waals surface area contributed by atoms with Gasteiger partial charge >= 0.3 is 0 Å². The van der Waals surface area contributed by atoms with E-state index >= 15 is 0 Å². The van der Waals surface area contributed by atoms with Gasteiger partial charge in [0.15, 0.2) is 0 Å². The van der Waals surface area contributed by atoms with Gasteiger partial charge in [-0.3, -0.25) is 0 Å². The molecular weight excluding hydrogens is 597 g/mol. The van der Waals surface area contributed by atoms with E-state index in [4.69, 9.17) is 4.42 Å². The molecule has 0 aliphatic carbocycles. The monoisotopic (exact) mass is 626 g/mol. The van der Waals surface area contributed by atoms with Gasteiger partial charge in [0.05, 0.1) is 22.4 Å². The highest BCUT2D eigenvalue weighted by atomic mass is 16.3. The summed E-state index contributed by atoms with van der Waals surface area (Å²) < 4.78 is 8.69. The lowest BCUT2D eigenvalue weighted by atomic mass is 9.99. The SMILES string of the molecule is c1ccc(-c2ccccc2N(c2ccc3c(c2)c2ccccc2n3-c2ccccc2)c2cccc3c2ccc2oc4ccccc4c23)cc1. The van der Waals surface area contributed by atoms with Gasteiger partial charge in [0, 0.05) is 43.9 Å². The van der Waals surface area contributed by atoms with Gasteiger partial charge in [0.1, 0.15) is 11.2 Å². The zero-order chi connectivity index (χ0) is 32.3. The van der Waals surface area contributed by atoms with Crippen molar-refractivity contribution in [1.82, 2.24) is 4.57 Å². The number of benzene rings is 8. The standard InChI is InChI=1S/C46H30N2O/c1-3-14-31(15-4-1)34-18-7-10-22-40(34)48(42-24-13-21-37-36(42)27-29-45-46(37)38-20-9-12-25-44(38)49-45)33-26-28-43-39(30-33)35-19-8-11-23-41(35)47(43)32-16-5-2-6-17-32/h1-30H. The Kier molecular flexibility index (Phi) is 6.18. The van der Waals surface area contributed by atoms with E-state index in [1.165, 1.54) is 38.3 Å². The first-order valence-corrected chi connectivity index (χ1v) is 16.7. The van der Waals surface area contributed by atoms with Crippen molar-refractivity contribution in [2.24, 2.45) is 0 Å². The third kappa shape index (κ3) is 4.29. The number of furan rings is 1. The van der Waals surface area contributed by atoms with Crippen molar-refractivity contribution in [2.75, 3.05) is 4.90 Å². The lowest BCUT2D eigenvalue weighted by molar-refractivity contribution is 0.669. The summed E-state index contributed by atoms with van der Waals surface area (Å²) in [4.78, 5) is 2.44. The summed E-state index contributed by atoms with van der Waals surface area (Å²) >= 11 is 0. The van der Waals surface area contributed by atoms with Gasteiger partial charge < -0.3 is 13.9 Å². The fourth-order valence-electron chi connectivity index (χ4n) is 7.65. The summed E-state index contributed by atoms with van der Waals surface area (Å²) in [6, 6.07) is 65.0. The van der Waals surface area contributed by atoms with Gasteiger partial charge in [0.2, 0.25) is 0 Å². The second-order valence-electron chi connectivity index (χ2n) is 12.5. The van der Waals surface area contributed by atoms with Crippen LogP contribution in [0.4, 0.5) is 17.1 Å². The predicted octanol–water partition coefficient (Wildman–Crippen LogP) is 13.0. The predicted molar refractivity (Wildman–Crippen MR) is 206 cm³/mol. The topological polar surface area (TPSA) is 21.3 Å². The van der Waals surface area contributed by atoms with Crippen LogP contribution in [0.3, 0.4) is 0 Å². The van der Waals surface area contributed by atoms with Crippen molar-refractivity contribution in [3.05, 3.63) is 182 Å². The van der Waals surface area contributed by atoms with Crippen LogP contribution < -0.4 is 4.90 Å². The molecule has 2 heterocycles. The highest BCUT2D eigenvalue weighted by Gasteiger charge is 2.22. The summed E-state index contributed by atoms with van der Waals surface area (Å²) in [7, 11) is 0. The van der Waals surface area contributed by atoms with E-state index < -0.39 is 0 Å². The largest absolute Gasteiger partial charge is 0.456 e. The van der Waals surface area contributed by atoms with Crippen LogP contribution in [0, 0.1) is 0 Å². The fourth-order valence-corrected chi connectivity index (χ4v) is 7.65. The average molecular weight is 627 g/mol. The van der Waals surface area contributed by atoms with E-state index in [2.05, 4.69) is 185 Å². The smallest absolute Gasteiger partial charge is 0.136 e. The average Bonchev–Trinajstić information content (AvgIpc) is 3.72. The second-order valence-corrected chi connectivity index (χ2v) is 12.5. The first kappa shape index (κ1) is 27.5. The van der Waals surface area contributed by atoms with Gasteiger partial charge in [0.25, 0.3) is 0 Å². The molecule has 230 valence electrons. The molecule has 0 saturated heterocycles. The lowest BCUT2D eigenvalue weighted by Gasteiger charge is -2.29. The number of hydrogen-bond donors (Lipinski definition) is 0. The fraction of sp³-hybridized carbons (Fsp3) is 0. The van der Waals surface area contributed by atoms with Gasteiger partial charge in [-0.15, -0.1) is 0 Å². The van der Waals surface area contributed by atoms with Crippen molar-refractivity contribution < 1.29 is 4.42 Å². The van der Waals surface area contributed by atoms with Gasteiger partial charge in [-0.25, -0.2) is 0 Å². The molecule has 0 fully saturated rings. The number of rotatable bonds is 5. The summed E-state index contributed by atoms with van der Waals surface area (Å²) in [5.74, 6) is 0. The summed E-state index contributed by atoms with van der Waals surface area (Å²) in [5.41, 5.74) is 11.0. The van der Waals surface area contributed by atoms with Gasteiger partial charge in [-0.05, 0) is 77.7 Å². The number of fused-ring (bicyclic) bond motifs is 8. The van der Waals surface area contributed by atoms with E-state index in [0.717, 1.165) is 50.1 Å². The normalized spacial score (nSPS) is 11.7. The van der Waals surface area contributed by atoms with E-state index in [9.17, 15) is 0 Å². The molecule has 0 unspecified atom stereocenters. The Hall–Kier alpha value is -6.58. The summed E-state index contributed by atoms with van der Waals surface area (Å²) in [5, 5.41) is 7.05. The summed E-state index contributed by atoms with van der Waals surface area (Å²) in [6.07, 6.45) is 0. The molecular formula is C46H30N2O. The van der Waals surface area contributed by atoms with E-state index in [1.807, 2.05) is 6.07 Å². The molecule has 3 heteroatoms. The Morgan fingerprint density at radius 1 is 0.408 bits per heavy atom. The zero-order valence-electron chi connectivity index (χ0n) is 26.6. The Balaban J connectivity index is 1.29. The Labute approximate surface area is 283 Å². The molecule has 10 aromatic rings. The second kappa shape index (κ2) is 11.0. The first-order valence-electron chi connectivity index (χ1n) is 16.7. The van der Waals surface area contributed by atoms with E-state index in [0.29, 0.717) is 0 Å². The molecule has 0 saturated carbocycles. The molecule has 0 N–H and O–H groups in total. The minimum atomic E-state index is 0.900. The van der Waals surface area contributed by atoms with Crippen LogP contribution in [0.15, 0.2) is 186 Å². The van der Waals surface area contributed by atoms with Crippen molar-refractivity contribution in [1.29, 1.82) is 0 Å². The highest BCUT2D eigenvalue weighted by Crippen LogP contribution is 2.46. The molecule has 0 amide bonds. The van der Waals surface area contributed by atoms with Crippen LogP contribution in [0.1, 0.15) is 0 Å². The molecule has 0 spiro atoms. The van der Waals surface area contributed by atoms with Crippen LogP contribution in [0.25, 0.3) is 71.3 Å². The molecule has 0 radical (unpaired) electrons. The van der Waals surface area contributed by atoms with Gasteiger partial charge in [-0.2, -0.15) is 0 Å². The molecule has 0 bridgehead atoms. The molecule has 2 aromatic heterocycles. The van der Waals surface area contributed by atoms with Crippen LogP contribution in [-0.4, -0.2) is 4.57 Å². The molecule has 10 rings (SSSR count). The maximum atomic E-state index is 6.32. The quantitative estimate of drug-likeness (QED) is 0.190. The minimum Gasteiger partial charge on any atom is -0.456 e. The number of hydrogen-bond acceptors (Lipinski definition) is 2. The Morgan fingerprint density at radius 2 is 1.08 bits per heavy atom. The molecule has 3 nitrogen and oxygen atoms in total. The van der Waals surface area contributed by atoms with Crippen molar-refractivity contribution in [2.45, 2.75) is 0 Å². The molecule has 0 aliphatic rings. The van der Waals surface area contributed by atoms with Crippen LogP contribution >= 0.6 is 0 Å². The van der Waals surface area contributed by atoms with Crippen molar-refractivity contribution >= 4 is 71.6 Å². The third-order valence-corrected chi connectivity index (χ3v) is 9.78. The molecule has 0 aliphatic heterocycles. The van der Waals surface area contributed by atoms with Crippen LogP contribution in [-0.2, 0) is 0 Å². The maximum Gasteiger partial charge on any atom is 0.136 e. The van der Waals surface area contributed by atoms with Crippen LogP contribution in [0.2, 0.25) is 0 Å². The Bertz CT molecular complexity index is 2830. The molecule has 8 aromatic carbocycles. The number of anilines is 3. The zero-order valence-corrected chi connectivity index (χ0v) is 26.6. The molecule has 49 heavy (non-hydrogen) atoms. The number of para-hydroxylation sites is 4. The first-order chi connectivity index (χ1) is 24.3. The van der Waals surface area contributed by atoms with E-state index in [-0.39, 0.29) is 0 Å². The summed E-state index contributed by atoms with van der Waals surface area (Å²) in [6.45, 7) is 0. The van der Waals surface area contributed by atoms with Crippen molar-refractivity contribution in [3.63, 3.8) is 0 Å². The lowest BCUT2D eigenvalue weighted by Crippen LogP contribution is -2.11. The molecule has 0 atom stereocenters. The van der Waals surface area contributed by atoms with Gasteiger partial charge in [-0.1, -0.05) is 115 Å². The van der Waals surface area contributed by atoms with Crippen molar-refractivity contribution in [3.8, 4) is 16.8 Å². The Morgan fingerprint density at radius 3 is 1.96 bits per heavy atom. The number of aromatic nitrogens is 1. The number of nitrogens with zero attached hydrogens (tertiary/aromatic N) is 2. The van der Waals surface area contributed by atoms with E-state index in [1.54, 1.807) is 0 Å². The van der Waals surface area contributed by atoms with Crippen LogP contribution in [0.5, 0.6) is 0 Å².